The van der Waals surface area contributed by atoms with Crippen molar-refractivity contribution in [2.45, 2.75) is 25.7 Å². The van der Waals surface area contributed by atoms with Gasteiger partial charge in [-0.2, -0.15) is 0 Å². The summed E-state index contributed by atoms with van der Waals surface area (Å²) in [6, 6.07) is 5.82. The molecule has 108 valence electrons. The van der Waals surface area contributed by atoms with Crippen LogP contribution in [0, 0.1) is 0 Å². The maximum Gasteiger partial charge on any atom is 0.257 e. The van der Waals surface area contributed by atoms with Gasteiger partial charge in [0.05, 0.1) is 12.1 Å². The van der Waals surface area contributed by atoms with Gasteiger partial charge in [-0.1, -0.05) is 6.07 Å². The van der Waals surface area contributed by atoms with Crippen LogP contribution in [0.25, 0.3) is 0 Å². The normalized spacial score (nSPS) is 13.0. The zero-order valence-electron chi connectivity index (χ0n) is 11.4. The third-order valence-electron chi connectivity index (χ3n) is 3.49. The van der Waals surface area contributed by atoms with Crippen molar-refractivity contribution in [2.24, 2.45) is 5.73 Å². The third-order valence-corrected chi connectivity index (χ3v) is 4.29. The summed E-state index contributed by atoms with van der Waals surface area (Å²) >= 11 is 1.29. The number of hydrogen-bond acceptors (Lipinski definition) is 4. The highest BCUT2D eigenvalue weighted by molar-refractivity contribution is 7.14. The van der Waals surface area contributed by atoms with Crippen LogP contribution in [-0.4, -0.2) is 16.8 Å². The van der Waals surface area contributed by atoms with Crippen LogP contribution in [0.2, 0.25) is 0 Å². The summed E-state index contributed by atoms with van der Waals surface area (Å²) in [7, 11) is 0. The molecule has 2 aromatic rings. The number of thiazole rings is 1. The number of hydrogen-bond donors (Lipinski definition) is 2. The third kappa shape index (κ3) is 3.11. The molecule has 3 rings (SSSR count). The highest BCUT2D eigenvalue weighted by Crippen LogP contribution is 2.23. The lowest BCUT2D eigenvalue weighted by Gasteiger charge is -2.04. The lowest BCUT2D eigenvalue weighted by Crippen LogP contribution is -2.14. The van der Waals surface area contributed by atoms with Gasteiger partial charge in [-0.25, -0.2) is 4.98 Å². The number of nitrogens with one attached hydrogen (secondary N) is 1. The molecule has 1 aromatic heterocycles. The molecule has 0 aliphatic heterocycles. The Bertz CT molecular complexity index is 709. The molecule has 3 N–H and O–H groups in total. The van der Waals surface area contributed by atoms with E-state index in [4.69, 9.17) is 5.73 Å². The van der Waals surface area contributed by atoms with Gasteiger partial charge < -0.3 is 5.73 Å². The van der Waals surface area contributed by atoms with E-state index in [1.807, 2.05) is 18.2 Å². The number of aromatic nitrogens is 1. The largest absolute Gasteiger partial charge is 0.369 e. The number of rotatable bonds is 4. The topological polar surface area (TPSA) is 85.1 Å². The molecule has 0 atom stereocenters. The van der Waals surface area contributed by atoms with Crippen LogP contribution >= 0.6 is 11.3 Å². The predicted molar refractivity (Wildman–Crippen MR) is 81.4 cm³/mol. The number of aryl methyl sites for hydroxylation is 2. The molecule has 2 amide bonds. The number of nitrogens with two attached hydrogens (primary N) is 1. The van der Waals surface area contributed by atoms with Crippen LogP contribution in [0.15, 0.2) is 23.6 Å². The molecule has 1 aromatic carbocycles. The van der Waals surface area contributed by atoms with Crippen LogP contribution < -0.4 is 11.1 Å². The van der Waals surface area contributed by atoms with Gasteiger partial charge in [0, 0.05) is 10.9 Å². The van der Waals surface area contributed by atoms with Gasteiger partial charge in [0.25, 0.3) is 5.91 Å². The van der Waals surface area contributed by atoms with Crippen molar-refractivity contribution in [3.8, 4) is 0 Å². The summed E-state index contributed by atoms with van der Waals surface area (Å²) in [6.45, 7) is 0. The van der Waals surface area contributed by atoms with Gasteiger partial charge in [-0.3, -0.25) is 14.9 Å². The summed E-state index contributed by atoms with van der Waals surface area (Å²) < 4.78 is 0. The molecule has 1 heterocycles. The fourth-order valence-electron chi connectivity index (χ4n) is 2.51. The molecule has 5 nitrogen and oxygen atoms in total. The molecule has 21 heavy (non-hydrogen) atoms. The average molecular weight is 301 g/mol. The van der Waals surface area contributed by atoms with Crippen molar-refractivity contribution in [2.75, 3.05) is 5.32 Å². The molecule has 0 bridgehead atoms. The number of benzene rings is 1. The molecule has 0 saturated heterocycles. The van der Waals surface area contributed by atoms with E-state index in [-0.39, 0.29) is 12.3 Å². The summed E-state index contributed by atoms with van der Waals surface area (Å²) in [6.07, 6.45) is 3.38. The highest BCUT2D eigenvalue weighted by Gasteiger charge is 2.15. The Hall–Kier alpha value is -2.21. The number of carbonyl (C=O) groups excluding carboxylic acids is 2. The van der Waals surface area contributed by atoms with Crippen molar-refractivity contribution in [3.05, 3.63) is 46.0 Å². The van der Waals surface area contributed by atoms with Crippen molar-refractivity contribution >= 4 is 28.3 Å². The first-order valence-corrected chi connectivity index (χ1v) is 7.65. The van der Waals surface area contributed by atoms with Gasteiger partial charge in [-0.15, -0.1) is 11.3 Å². The Labute approximate surface area is 126 Å². The summed E-state index contributed by atoms with van der Waals surface area (Å²) in [5.74, 6) is -0.610. The first-order valence-electron chi connectivity index (χ1n) is 6.77. The van der Waals surface area contributed by atoms with Gasteiger partial charge in [-0.05, 0) is 42.5 Å². The van der Waals surface area contributed by atoms with Crippen LogP contribution in [-0.2, 0) is 24.1 Å². The van der Waals surface area contributed by atoms with Gasteiger partial charge in [0.15, 0.2) is 5.13 Å². The van der Waals surface area contributed by atoms with Crippen molar-refractivity contribution in [1.29, 1.82) is 0 Å². The second kappa shape index (κ2) is 5.65. The Morgan fingerprint density at radius 3 is 2.90 bits per heavy atom. The average Bonchev–Trinajstić information content (AvgIpc) is 3.06. The van der Waals surface area contributed by atoms with E-state index in [1.54, 1.807) is 5.38 Å². The zero-order valence-corrected chi connectivity index (χ0v) is 12.2. The molecular weight excluding hydrogens is 286 g/mol. The molecule has 0 saturated carbocycles. The fraction of sp³-hybridized carbons (Fsp3) is 0.267. The minimum Gasteiger partial charge on any atom is -0.369 e. The molecule has 6 heteroatoms. The Morgan fingerprint density at radius 1 is 1.29 bits per heavy atom. The zero-order chi connectivity index (χ0) is 14.8. The number of anilines is 1. The number of amides is 2. The maximum atomic E-state index is 12.2. The van der Waals surface area contributed by atoms with Crippen molar-refractivity contribution in [3.63, 3.8) is 0 Å². The number of carbonyl (C=O) groups is 2. The lowest BCUT2D eigenvalue weighted by molar-refractivity contribution is -0.117. The molecule has 1 aliphatic carbocycles. The van der Waals surface area contributed by atoms with Crippen molar-refractivity contribution in [1.82, 2.24) is 4.98 Å². The SMILES string of the molecule is NC(=O)Cc1csc(NC(=O)c2ccc3c(c2)CCC3)n1. The first-order chi connectivity index (χ1) is 10.1. The summed E-state index contributed by atoms with van der Waals surface area (Å²) in [4.78, 5) is 27.2. The standard InChI is InChI=1S/C15H15N3O2S/c16-13(19)7-12-8-21-15(17-12)18-14(20)11-5-4-9-2-1-3-10(9)6-11/h4-6,8H,1-3,7H2,(H2,16,19)(H,17,18,20). The van der Waals surface area contributed by atoms with Crippen LogP contribution in [0.5, 0.6) is 0 Å². The minimum absolute atomic E-state index is 0.0885. The number of primary amides is 1. The second-order valence-corrected chi connectivity index (χ2v) is 5.94. The van der Waals surface area contributed by atoms with E-state index in [9.17, 15) is 9.59 Å². The highest BCUT2D eigenvalue weighted by atomic mass is 32.1. The smallest absolute Gasteiger partial charge is 0.257 e. The molecule has 0 fully saturated rings. The van der Waals surface area contributed by atoms with E-state index in [2.05, 4.69) is 10.3 Å². The van der Waals surface area contributed by atoms with E-state index in [0.29, 0.717) is 16.4 Å². The Kier molecular flexibility index (Phi) is 3.70. The molecule has 0 spiro atoms. The van der Waals surface area contributed by atoms with E-state index in [1.165, 1.54) is 22.5 Å². The quantitative estimate of drug-likeness (QED) is 0.904. The molecule has 0 radical (unpaired) electrons. The van der Waals surface area contributed by atoms with E-state index in [0.717, 1.165) is 19.3 Å². The predicted octanol–water partition coefficient (Wildman–Crippen LogP) is 1.91. The minimum atomic E-state index is -0.434. The van der Waals surface area contributed by atoms with E-state index >= 15 is 0 Å². The van der Waals surface area contributed by atoms with Gasteiger partial charge in [0.2, 0.25) is 5.91 Å². The summed E-state index contributed by atoms with van der Waals surface area (Å²) in [5.41, 5.74) is 8.94. The monoisotopic (exact) mass is 301 g/mol. The summed E-state index contributed by atoms with van der Waals surface area (Å²) in [5, 5.41) is 4.97. The van der Waals surface area contributed by atoms with Crippen molar-refractivity contribution < 1.29 is 9.59 Å². The van der Waals surface area contributed by atoms with Crippen LogP contribution in [0.4, 0.5) is 5.13 Å². The fourth-order valence-corrected chi connectivity index (χ4v) is 3.21. The van der Waals surface area contributed by atoms with Gasteiger partial charge >= 0.3 is 0 Å². The lowest BCUT2D eigenvalue weighted by atomic mass is 10.1. The Balaban J connectivity index is 1.71. The number of nitrogens with zero attached hydrogens (tertiary/aromatic N) is 1. The van der Waals surface area contributed by atoms with Gasteiger partial charge in [0.1, 0.15) is 0 Å². The molecule has 0 unspecified atom stereocenters. The molecular formula is C15H15N3O2S. The number of fused-ring (bicyclic) bond motifs is 1. The maximum absolute atomic E-state index is 12.2. The second-order valence-electron chi connectivity index (χ2n) is 5.08. The van der Waals surface area contributed by atoms with E-state index < -0.39 is 5.91 Å². The van der Waals surface area contributed by atoms with Crippen LogP contribution in [0.1, 0.15) is 33.6 Å². The van der Waals surface area contributed by atoms with Crippen LogP contribution in [0.3, 0.4) is 0 Å². The molecule has 1 aliphatic rings. The first kappa shape index (κ1) is 13.8. The Morgan fingerprint density at radius 2 is 2.10 bits per heavy atom.